The number of rotatable bonds is 5. The minimum atomic E-state index is -3.03. The maximum Gasteiger partial charge on any atom is 0.151 e. The average Bonchev–Trinajstić information content (AvgIpc) is 2.74. The van der Waals surface area contributed by atoms with Crippen molar-refractivity contribution in [2.45, 2.75) is 19.9 Å². The fraction of sp³-hybridized carbons (Fsp3) is 0.385. The van der Waals surface area contributed by atoms with Crippen molar-refractivity contribution in [3.63, 3.8) is 0 Å². The Morgan fingerprint density at radius 2 is 2.11 bits per heavy atom. The van der Waals surface area contributed by atoms with Gasteiger partial charge in [0.15, 0.2) is 9.84 Å². The quantitative estimate of drug-likeness (QED) is 0.830. The molecule has 0 saturated heterocycles. The van der Waals surface area contributed by atoms with Gasteiger partial charge in [-0.05, 0) is 12.1 Å². The number of imidazole rings is 1. The van der Waals surface area contributed by atoms with Gasteiger partial charge in [0, 0.05) is 12.3 Å². The van der Waals surface area contributed by atoms with Crippen LogP contribution in [0.25, 0.3) is 11.0 Å². The van der Waals surface area contributed by atoms with Crippen LogP contribution in [-0.4, -0.2) is 29.5 Å². The summed E-state index contributed by atoms with van der Waals surface area (Å²) in [4.78, 5) is 4.37. The Bertz CT molecular complexity index is 726. The molecule has 5 nitrogen and oxygen atoms in total. The molecule has 0 spiro atoms. The van der Waals surface area contributed by atoms with E-state index >= 15 is 0 Å². The molecule has 2 aromatic rings. The van der Waals surface area contributed by atoms with Gasteiger partial charge in [0.2, 0.25) is 0 Å². The molecule has 0 saturated carbocycles. The predicted molar refractivity (Wildman–Crippen MR) is 73.4 cm³/mol. The second-order valence-corrected chi connectivity index (χ2v) is 6.71. The van der Waals surface area contributed by atoms with Gasteiger partial charge < -0.3 is 4.57 Å². The van der Waals surface area contributed by atoms with Gasteiger partial charge in [-0.2, -0.15) is 5.26 Å². The van der Waals surface area contributed by atoms with Crippen LogP contribution < -0.4 is 0 Å². The lowest BCUT2D eigenvalue weighted by atomic mass is 10.3. The van der Waals surface area contributed by atoms with Crippen molar-refractivity contribution in [2.24, 2.45) is 0 Å². The first kappa shape index (κ1) is 13.6. The number of para-hydroxylation sites is 2. The summed E-state index contributed by atoms with van der Waals surface area (Å²) in [6.07, 6.45) is 0.181. The lowest BCUT2D eigenvalue weighted by molar-refractivity contribution is 0.589. The first-order chi connectivity index (χ1) is 9.07. The molecule has 0 atom stereocenters. The van der Waals surface area contributed by atoms with Crippen LogP contribution in [0.2, 0.25) is 0 Å². The SMILES string of the molecule is CCS(=O)(=O)CCn1c(CC#N)nc2ccccc21. The van der Waals surface area contributed by atoms with Crippen LogP contribution in [0.4, 0.5) is 0 Å². The summed E-state index contributed by atoms with van der Waals surface area (Å²) in [5.41, 5.74) is 1.67. The van der Waals surface area contributed by atoms with E-state index in [-0.39, 0.29) is 17.9 Å². The number of sulfone groups is 1. The molecule has 0 aliphatic rings. The third-order valence-electron chi connectivity index (χ3n) is 3.04. The number of hydrogen-bond donors (Lipinski definition) is 0. The van der Waals surface area contributed by atoms with Gasteiger partial charge in [-0.15, -0.1) is 0 Å². The van der Waals surface area contributed by atoms with E-state index in [0.29, 0.717) is 12.4 Å². The molecule has 0 amide bonds. The highest BCUT2D eigenvalue weighted by molar-refractivity contribution is 7.91. The number of aromatic nitrogens is 2. The van der Waals surface area contributed by atoms with Crippen LogP contribution in [0.1, 0.15) is 12.7 Å². The third kappa shape index (κ3) is 2.93. The molecule has 0 fully saturated rings. The number of hydrogen-bond acceptors (Lipinski definition) is 4. The molecule has 0 N–H and O–H groups in total. The first-order valence-corrected chi connectivity index (χ1v) is 7.91. The van der Waals surface area contributed by atoms with Crippen LogP contribution in [-0.2, 0) is 22.8 Å². The molecule has 2 rings (SSSR count). The average molecular weight is 277 g/mol. The molecule has 100 valence electrons. The molecule has 0 bridgehead atoms. The lowest BCUT2D eigenvalue weighted by Crippen LogP contribution is -2.16. The summed E-state index contributed by atoms with van der Waals surface area (Å²) in [6.45, 7) is 1.98. The van der Waals surface area contributed by atoms with Crippen molar-refractivity contribution in [1.29, 1.82) is 5.26 Å². The van der Waals surface area contributed by atoms with Crippen molar-refractivity contribution in [2.75, 3.05) is 11.5 Å². The molecule has 19 heavy (non-hydrogen) atoms. The van der Waals surface area contributed by atoms with Gasteiger partial charge in [-0.25, -0.2) is 13.4 Å². The van der Waals surface area contributed by atoms with Crippen LogP contribution in [0.5, 0.6) is 0 Å². The molecule has 0 unspecified atom stereocenters. The van der Waals surface area contributed by atoms with Crippen molar-refractivity contribution < 1.29 is 8.42 Å². The highest BCUT2D eigenvalue weighted by atomic mass is 32.2. The summed E-state index contributed by atoms with van der Waals surface area (Å²) in [5.74, 6) is 0.824. The topological polar surface area (TPSA) is 75.8 Å². The molecule has 0 aliphatic carbocycles. The monoisotopic (exact) mass is 277 g/mol. The Labute approximate surface area is 112 Å². The van der Waals surface area contributed by atoms with E-state index in [2.05, 4.69) is 11.1 Å². The summed E-state index contributed by atoms with van der Waals surface area (Å²) < 4.78 is 25.0. The van der Waals surface area contributed by atoms with E-state index in [1.807, 2.05) is 28.8 Å². The van der Waals surface area contributed by atoms with Crippen molar-refractivity contribution >= 4 is 20.9 Å². The van der Waals surface area contributed by atoms with Crippen molar-refractivity contribution in [1.82, 2.24) is 9.55 Å². The van der Waals surface area contributed by atoms with E-state index in [9.17, 15) is 8.42 Å². The Morgan fingerprint density at radius 1 is 1.37 bits per heavy atom. The maximum absolute atomic E-state index is 11.6. The zero-order valence-electron chi connectivity index (χ0n) is 10.7. The Kier molecular flexibility index (Phi) is 3.86. The van der Waals surface area contributed by atoms with Gasteiger partial charge in [0.05, 0.1) is 29.3 Å². The minimum absolute atomic E-state index is 0.0717. The van der Waals surface area contributed by atoms with E-state index in [1.165, 1.54) is 0 Å². The number of fused-ring (bicyclic) bond motifs is 1. The van der Waals surface area contributed by atoms with Crippen LogP contribution in [0.3, 0.4) is 0 Å². The first-order valence-electron chi connectivity index (χ1n) is 6.09. The van der Waals surface area contributed by atoms with Gasteiger partial charge >= 0.3 is 0 Å². The van der Waals surface area contributed by atoms with Gasteiger partial charge in [-0.1, -0.05) is 19.1 Å². The van der Waals surface area contributed by atoms with Crippen LogP contribution in [0, 0.1) is 11.3 Å². The number of aryl methyl sites for hydroxylation is 1. The van der Waals surface area contributed by atoms with Gasteiger partial charge in [-0.3, -0.25) is 0 Å². The van der Waals surface area contributed by atoms with Gasteiger partial charge in [0.25, 0.3) is 0 Å². The van der Waals surface area contributed by atoms with Crippen LogP contribution >= 0.6 is 0 Å². The van der Waals surface area contributed by atoms with E-state index in [4.69, 9.17) is 5.26 Å². The molecule has 1 heterocycles. The van der Waals surface area contributed by atoms with Crippen molar-refractivity contribution in [3.8, 4) is 6.07 Å². The Balaban J connectivity index is 2.40. The molecule has 1 aromatic heterocycles. The summed E-state index contributed by atoms with van der Waals surface area (Å²) in [6, 6.07) is 9.57. The number of nitriles is 1. The molecule has 0 radical (unpaired) electrons. The fourth-order valence-electron chi connectivity index (χ4n) is 1.96. The van der Waals surface area contributed by atoms with E-state index in [0.717, 1.165) is 11.0 Å². The number of benzene rings is 1. The van der Waals surface area contributed by atoms with Gasteiger partial charge in [0.1, 0.15) is 5.82 Å². The minimum Gasteiger partial charge on any atom is -0.326 e. The summed E-state index contributed by atoms with van der Waals surface area (Å²) in [5, 5.41) is 8.82. The molecule has 0 aliphatic heterocycles. The second kappa shape index (κ2) is 5.41. The molecule has 1 aromatic carbocycles. The normalized spacial score (nSPS) is 11.6. The third-order valence-corrected chi connectivity index (χ3v) is 4.72. The highest BCUT2D eigenvalue weighted by Crippen LogP contribution is 2.16. The second-order valence-electron chi connectivity index (χ2n) is 4.24. The van der Waals surface area contributed by atoms with E-state index in [1.54, 1.807) is 6.92 Å². The summed E-state index contributed by atoms with van der Waals surface area (Å²) >= 11 is 0. The lowest BCUT2D eigenvalue weighted by Gasteiger charge is -2.07. The maximum atomic E-state index is 11.6. The fourth-order valence-corrected chi connectivity index (χ4v) is 2.70. The Hall–Kier alpha value is -1.87. The van der Waals surface area contributed by atoms with E-state index < -0.39 is 9.84 Å². The standard InChI is InChI=1S/C13H15N3O2S/c1-2-19(17,18)10-9-16-12-6-4-3-5-11(12)15-13(16)7-8-14/h3-6H,2,7,9-10H2,1H3. The predicted octanol–water partition coefficient (Wildman–Crippen LogP) is 1.54. The molecule has 6 heteroatoms. The smallest absolute Gasteiger partial charge is 0.151 e. The number of nitrogens with zero attached hydrogens (tertiary/aromatic N) is 3. The highest BCUT2D eigenvalue weighted by Gasteiger charge is 2.13. The van der Waals surface area contributed by atoms with Crippen molar-refractivity contribution in [3.05, 3.63) is 30.1 Å². The van der Waals surface area contributed by atoms with Crippen LogP contribution in [0.15, 0.2) is 24.3 Å². The largest absolute Gasteiger partial charge is 0.326 e. The molecular weight excluding hydrogens is 262 g/mol. The molecular formula is C13H15N3O2S. The summed E-state index contributed by atoms with van der Waals surface area (Å²) in [7, 11) is -3.03. The Morgan fingerprint density at radius 3 is 2.79 bits per heavy atom. The zero-order valence-corrected chi connectivity index (χ0v) is 11.5. The zero-order chi connectivity index (χ0) is 13.9.